The third-order valence-electron chi connectivity index (χ3n) is 0.766. The molecule has 0 aliphatic heterocycles. The van der Waals surface area contributed by atoms with Gasteiger partial charge in [-0.25, -0.2) is 0 Å². The molecule has 0 unspecified atom stereocenters. The standard InChI is InChI=1S/C7H13BrSi/c1-5-7(8)6-9(2,3)4/h5-6H,1H2,2-4H3/b7-6-. The average molecular weight is 205 g/mol. The first kappa shape index (κ1) is 9.18. The van der Waals surface area contributed by atoms with E-state index in [0.29, 0.717) is 0 Å². The lowest BCUT2D eigenvalue weighted by molar-refractivity contribution is 1.75. The zero-order valence-electron chi connectivity index (χ0n) is 6.24. The Morgan fingerprint density at radius 2 is 1.89 bits per heavy atom. The molecule has 0 bridgehead atoms. The molecular formula is C7H13BrSi. The minimum Gasteiger partial charge on any atom is -0.0980 e. The SMILES string of the molecule is C=C/C(Br)=C/[Si](C)(C)C. The molecule has 9 heavy (non-hydrogen) atoms. The molecule has 0 spiro atoms. The molecular weight excluding hydrogens is 192 g/mol. The highest BCUT2D eigenvalue weighted by Crippen LogP contribution is 2.12. The van der Waals surface area contributed by atoms with Crippen molar-refractivity contribution in [2.75, 3.05) is 0 Å². The molecule has 0 aliphatic carbocycles. The second-order valence-electron chi connectivity index (χ2n) is 3.10. The van der Waals surface area contributed by atoms with Gasteiger partial charge in [0.1, 0.15) is 0 Å². The van der Waals surface area contributed by atoms with E-state index in [-0.39, 0.29) is 0 Å². The predicted molar refractivity (Wildman–Crippen MR) is 50.6 cm³/mol. The lowest BCUT2D eigenvalue weighted by Crippen LogP contribution is -2.15. The molecule has 0 atom stereocenters. The summed E-state index contributed by atoms with van der Waals surface area (Å²) in [5.41, 5.74) is 2.26. The number of rotatable bonds is 2. The highest BCUT2D eigenvalue weighted by atomic mass is 79.9. The van der Waals surface area contributed by atoms with E-state index < -0.39 is 8.07 Å². The first-order valence-corrected chi connectivity index (χ1v) is 7.33. The molecule has 0 N–H and O–H groups in total. The Kier molecular flexibility index (Phi) is 3.44. The second kappa shape index (κ2) is 3.37. The third kappa shape index (κ3) is 6.06. The van der Waals surface area contributed by atoms with Gasteiger partial charge in [-0.3, -0.25) is 0 Å². The van der Waals surface area contributed by atoms with Crippen molar-refractivity contribution in [2.24, 2.45) is 0 Å². The molecule has 52 valence electrons. The minimum absolute atomic E-state index is 1.02. The van der Waals surface area contributed by atoms with Crippen molar-refractivity contribution in [3.05, 3.63) is 22.8 Å². The van der Waals surface area contributed by atoms with Gasteiger partial charge in [0, 0.05) is 4.48 Å². The van der Waals surface area contributed by atoms with E-state index >= 15 is 0 Å². The molecule has 0 heterocycles. The summed E-state index contributed by atoms with van der Waals surface area (Å²) in [5.74, 6) is 0. The fourth-order valence-corrected chi connectivity index (χ4v) is 3.48. The van der Waals surface area contributed by atoms with Gasteiger partial charge in [0.2, 0.25) is 0 Å². The quantitative estimate of drug-likeness (QED) is 0.479. The smallest absolute Gasteiger partial charge is 0.0701 e. The summed E-state index contributed by atoms with van der Waals surface area (Å²) in [6.07, 6.45) is 1.83. The number of hydrogen-bond donors (Lipinski definition) is 0. The molecule has 0 radical (unpaired) electrons. The van der Waals surface area contributed by atoms with Crippen molar-refractivity contribution in [3.63, 3.8) is 0 Å². The Labute approximate surface area is 66.8 Å². The molecule has 0 aliphatic rings. The van der Waals surface area contributed by atoms with Crippen LogP contribution < -0.4 is 0 Å². The lowest BCUT2D eigenvalue weighted by Gasteiger charge is -2.08. The highest BCUT2D eigenvalue weighted by Gasteiger charge is 2.07. The summed E-state index contributed by atoms with van der Waals surface area (Å²) < 4.78 is 1.13. The van der Waals surface area contributed by atoms with E-state index in [1.54, 1.807) is 0 Å². The van der Waals surface area contributed by atoms with Crippen LogP contribution in [-0.2, 0) is 0 Å². The fraction of sp³-hybridized carbons (Fsp3) is 0.429. The summed E-state index contributed by atoms with van der Waals surface area (Å²) in [7, 11) is -1.02. The molecule has 0 aromatic carbocycles. The van der Waals surface area contributed by atoms with Crippen LogP contribution in [0.25, 0.3) is 0 Å². The van der Waals surface area contributed by atoms with E-state index in [1.807, 2.05) is 6.08 Å². The van der Waals surface area contributed by atoms with Crippen molar-refractivity contribution in [2.45, 2.75) is 19.6 Å². The van der Waals surface area contributed by atoms with E-state index in [2.05, 4.69) is 47.8 Å². The van der Waals surface area contributed by atoms with Crippen LogP contribution in [0.5, 0.6) is 0 Å². The third-order valence-corrected chi connectivity index (χ3v) is 2.92. The van der Waals surface area contributed by atoms with Crippen molar-refractivity contribution in [1.82, 2.24) is 0 Å². The van der Waals surface area contributed by atoms with Crippen LogP contribution >= 0.6 is 15.9 Å². The van der Waals surface area contributed by atoms with E-state index in [9.17, 15) is 0 Å². The van der Waals surface area contributed by atoms with E-state index in [0.717, 1.165) is 4.48 Å². The van der Waals surface area contributed by atoms with Crippen LogP contribution in [0.4, 0.5) is 0 Å². The van der Waals surface area contributed by atoms with Gasteiger partial charge < -0.3 is 0 Å². The highest BCUT2D eigenvalue weighted by molar-refractivity contribution is 9.11. The van der Waals surface area contributed by atoms with Gasteiger partial charge in [-0.15, -0.1) is 0 Å². The Balaban J connectivity index is 4.11. The van der Waals surface area contributed by atoms with Gasteiger partial charge in [0.25, 0.3) is 0 Å². The number of allylic oxidation sites excluding steroid dienone is 2. The maximum atomic E-state index is 3.65. The molecule has 0 fully saturated rings. The molecule has 2 heteroatoms. The Morgan fingerprint density at radius 1 is 1.44 bits per heavy atom. The topological polar surface area (TPSA) is 0 Å². The summed E-state index contributed by atoms with van der Waals surface area (Å²) in [4.78, 5) is 0. The van der Waals surface area contributed by atoms with Crippen molar-refractivity contribution in [3.8, 4) is 0 Å². The Bertz CT molecular complexity index is 130. The van der Waals surface area contributed by atoms with E-state index in [1.165, 1.54) is 0 Å². The van der Waals surface area contributed by atoms with Crippen LogP contribution in [0.1, 0.15) is 0 Å². The molecule has 0 amide bonds. The molecule has 0 saturated carbocycles. The monoisotopic (exact) mass is 204 g/mol. The number of halogens is 1. The summed E-state index contributed by atoms with van der Waals surface area (Å²) in [6.45, 7) is 10.5. The minimum atomic E-state index is -1.02. The summed E-state index contributed by atoms with van der Waals surface area (Å²) >= 11 is 3.39. The molecule has 0 rings (SSSR count). The first-order chi connectivity index (χ1) is 3.95. The van der Waals surface area contributed by atoms with Gasteiger partial charge in [-0.2, -0.15) is 0 Å². The van der Waals surface area contributed by atoms with Gasteiger partial charge in [0.05, 0.1) is 8.07 Å². The molecule has 0 aromatic heterocycles. The normalized spacial score (nSPS) is 13.6. The Hall–Kier alpha value is 0.177. The number of hydrogen-bond acceptors (Lipinski definition) is 0. The van der Waals surface area contributed by atoms with Crippen LogP contribution in [0.2, 0.25) is 19.6 Å². The van der Waals surface area contributed by atoms with Gasteiger partial charge in [0.15, 0.2) is 0 Å². The largest absolute Gasteiger partial charge is 0.0980 e. The van der Waals surface area contributed by atoms with Crippen LogP contribution in [0.15, 0.2) is 22.8 Å². The Morgan fingerprint density at radius 3 is 2.00 bits per heavy atom. The zero-order valence-corrected chi connectivity index (χ0v) is 8.83. The average Bonchev–Trinajstić information content (AvgIpc) is 1.62. The van der Waals surface area contributed by atoms with E-state index in [4.69, 9.17) is 0 Å². The first-order valence-electron chi connectivity index (χ1n) is 2.96. The van der Waals surface area contributed by atoms with Crippen LogP contribution in [0.3, 0.4) is 0 Å². The molecule has 0 nitrogen and oxygen atoms in total. The zero-order chi connectivity index (χ0) is 7.49. The summed E-state index contributed by atoms with van der Waals surface area (Å²) in [5, 5.41) is 0. The van der Waals surface area contributed by atoms with Gasteiger partial charge >= 0.3 is 0 Å². The second-order valence-corrected chi connectivity index (χ2v) is 9.04. The van der Waals surface area contributed by atoms with Gasteiger partial charge in [-0.1, -0.05) is 53.9 Å². The predicted octanol–water partition coefficient (Wildman–Crippen LogP) is 3.33. The van der Waals surface area contributed by atoms with Crippen molar-refractivity contribution >= 4 is 24.0 Å². The van der Waals surface area contributed by atoms with Gasteiger partial charge in [-0.05, 0) is 0 Å². The molecule has 0 saturated heterocycles. The van der Waals surface area contributed by atoms with Crippen molar-refractivity contribution < 1.29 is 0 Å². The fourth-order valence-electron chi connectivity index (χ4n) is 0.473. The lowest BCUT2D eigenvalue weighted by atomic mass is 10.6. The summed E-state index contributed by atoms with van der Waals surface area (Å²) in [6, 6.07) is 0. The van der Waals surface area contributed by atoms with Crippen LogP contribution in [-0.4, -0.2) is 8.07 Å². The molecule has 0 aromatic rings. The maximum absolute atomic E-state index is 3.65. The van der Waals surface area contributed by atoms with Crippen molar-refractivity contribution in [1.29, 1.82) is 0 Å². The van der Waals surface area contributed by atoms with Crippen LogP contribution in [0, 0.1) is 0 Å². The maximum Gasteiger partial charge on any atom is 0.0701 e.